The lowest BCUT2D eigenvalue weighted by molar-refractivity contribution is 0.668. The second-order valence-electron chi connectivity index (χ2n) is 16.3. The van der Waals surface area contributed by atoms with Crippen molar-refractivity contribution in [3.8, 4) is 51.0 Å². The molecular formula is C57H32N4O3. The SMILES string of the molecule is c1ccc(-c2nc(-c3ccc4c(c3)oc3ccccc34)nc(-c3cccc4oc5ccc(-c6ccc7c(c6)c6ccccc6n7-c6ccc7oc8ccccc8c7c6)cc5c34)n2)cc1. The third kappa shape index (κ3) is 5.25. The van der Waals surface area contributed by atoms with Crippen molar-refractivity contribution < 1.29 is 13.3 Å². The van der Waals surface area contributed by atoms with E-state index in [2.05, 4.69) is 120 Å². The largest absolute Gasteiger partial charge is 0.456 e. The number of rotatable bonds is 5. The third-order valence-corrected chi connectivity index (χ3v) is 12.7. The van der Waals surface area contributed by atoms with Crippen molar-refractivity contribution in [2.45, 2.75) is 0 Å². The molecule has 0 saturated carbocycles. The van der Waals surface area contributed by atoms with Crippen LogP contribution in [-0.4, -0.2) is 19.5 Å². The minimum absolute atomic E-state index is 0.558. The van der Waals surface area contributed by atoms with Gasteiger partial charge in [0.2, 0.25) is 0 Å². The molecule has 0 atom stereocenters. The van der Waals surface area contributed by atoms with E-state index in [1.165, 1.54) is 10.8 Å². The van der Waals surface area contributed by atoms with Gasteiger partial charge in [0.1, 0.15) is 33.5 Å². The van der Waals surface area contributed by atoms with Gasteiger partial charge < -0.3 is 17.8 Å². The molecule has 0 amide bonds. The Morgan fingerprint density at radius 3 is 1.70 bits per heavy atom. The lowest BCUT2D eigenvalue weighted by Gasteiger charge is -2.10. The summed E-state index contributed by atoms with van der Waals surface area (Å²) in [5.41, 5.74) is 13.1. The first-order valence-corrected chi connectivity index (χ1v) is 21.3. The van der Waals surface area contributed by atoms with Gasteiger partial charge in [-0.05, 0) is 90.0 Å². The van der Waals surface area contributed by atoms with Crippen LogP contribution in [0.5, 0.6) is 0 Å². The van der Waals surface area contributed by atoms with E-state index in [4.69, 9.17) is 28.2 Å². The van der Waals surface area contributed by atoms with E-state index < -0.39 is 0 Å². The number of para-hydroxylation sites is 3. The van der Waals surface area contributed by atoms with Crippen LogP contribution in [0, 0.1) is 0 Å². The number of nitrogens with zero attached hydrogens (tertiary/aromatic N) is 4. The monoisotopic (exact) mass is 820 g/mol. The zero-order chi connectivity index (χ0) is 41.9. The number of benzene rings is 9. The summed E-state index contributed by atoms with van der Waals surface area (Å²) in [6.07, 6.45) is 0. The van der Waals surface area contributed by atoms with Gasteiger partial charge in [0.15, 0.2) is 17.5 Å². The van der Waals surface area contributed by atoms with Crippen molar-refractivity contribution in [3.05, 3.63) is 194 Å². The standard InChI is InChI=1S/C57H32N4O3/c1-2-11-33(12-3-1)55-58-56(36-21-25-41-39-14-5-8-18-48(39)64-53(41)31-36)60-57(59-55)42-16-10-20-52-54(42)45-30-35(23-27-51(45)63-52)34-22-26-47-43(29-34)38-13-4-7-17-46(38)61(47)37-24-28-50-44(32-37)40-15-6-9-19-49(40)62-50/h1-32H. The molecule has 0 saturated heterocycles. The van der Waals surface area contributed by atoms with Crippen LogP contribution >= 0.6 is 0 Å². The van der Waals surface area contributed by atoms with E-state index in [1.54, 1.807) is 0 Å². The molecule has 9 aromatic carbocycles. The molecule has 5 aromatic heterocycles. The molecule has 0 aliphatic heterocycles. The minimum atomic E-state index is 0.558. The molecular weight excluding hydrogens is 789 g/mol. The summed E-state index contributed by atoms with van der Waals surface area (Å²) in [5.74, 6) is 1.70. The quantitative estimate of drug-likeness (QED) is 0.172. The highest BCUT2D eigenvalue weighted by Crippen LogP contribution is 2.41. The molecule has 0 N–H and O–H groups in total. The molecule has 0 unspecified atom stereocenters. The van der Waals surface area contributed by atoms with Gasteiger partial charge in [-0.3, -0.25) is 0 Å². The Balaban J connectivity index is 0.923. The topological polar surface area (TPSA) is 83.0 Å². The second kappa shape index (κ2) is 13.3. The van der Waals surface area contributed by atoms with Crippen molar-refractivity contribution >= 4 is 87.6 Å². The number of aromatic nitrogens is 4. The molecule has 64 heavy (non-hydrogen) atoms. The Morgan fingerprint density at radius 2 is 0.859 bits per heavy atom. The van der Waals surface area contributed by atoms with Crippen molar-refractivity contribution in [1.29, 1.82) is 0 Å². The van der Waals surface area contributed by atoms with Crippen LogP contribution < -0.4 is 0 Å². The first-order chi connectivity index (χ1) is 31.7. The minimum Gasteiger partial charge on any atom is -0.456 e. The molecule has 14 rings (SSSR count). The number of hydrogen-bond acceptors (Lipinski definition) is 6. The first-order valence-electron chi connectivity index (χ1n) is 21.3. The molecule has 0 radical (unpaired) electrons. The molecule has 14 aromatic rings. The maximum atomic E-state index is 6.55. The summed E-state index contributed by atoms with van der Waals surface area (Å²) in [6, 6.07) is 67.0. The molecule has 7 heteroatoms. The summed E-state index contributed by atoms with van der Waals surface area (Å²) in [5, 5.41) is 8.63. The Bertz CT molecular complexity index is 4210. The molecule has 298 valence electrons. The van der Waals surface area contributed by atoms with E-state index in [1.807, 2.05) is 78.9 Å². The lowest BCUT2D eigenvalue weighted by atomic mass is 9.99. The zero-order valence-corrected chi connectivity index (χ0v) is 34.0. The van der Waals surface area contributed by atoms with Crippen molar-refractivity contribution in [1.82, 2.24) is 19.5 Å². The Kier molecular flexibility index (Phi) is 7.27. The number of fused-ring (bicyclic) bond motifs is 12. The lowest BCUT2D eigenvalue weighted by Crippen LogP contribution is -2.00. The van der Waals surface area contributed by atoms with Crippen LogP contribution in [0.15, 0.2) is 207 Å². The van der Waals surface area contributed by atoms with Gasteiger partial charge in [0, 0.05) is 65.5 Å². The van der Waals surface area contributed by atoms with Gasteiger partial charge in [-0.25, -0.2) is 15.0 Å². The predicted octanol–water partition coefficient (Wildman–Crippen LogP) is 15.3. The van der Waals surface area contributed by atoms with E-state index in [0.717, 1.165) is 110 Å². The van der Waals surface area contributed by atoms with Crippen molar-refractivity contribution in [2.24, 2.45) is 0 Å². The molecule has 0 fully saturated rings. The molecule has 0 aliphatic carbocycles. The van der Waals surface area contributed by atoms with Crippen LogP contribution in [0.25, 0.3) is 139 Å². The predicted molar refractivity (Wildman–Crippen MR) is 258 cm³/mol. The summed E-state index contributed by atoms with van der Waals surface area (Å²) in [6.45, 7) is 0. The first kappa shape index (κ1) is 34.9. The number of hydrogen-bond donors (Lipinski definition) is 0. The van der Waals surface area contributed by atoms with E-state index in [-0.39, 0.29) is 0 Å². The van der Waals surface area contributed by atoms with Gasteiger partial charge in [-0.2, -0.15) is 0 Å². The van der Waals surface area contributed by atoms with Gasteiger partial charge >= 0.3 is 0 Å². The normalized spacial score (nSPS) is 12.1. The van der Waals surface area contributed by atoms with E-state index in [9.17, 15) is 0 Å². The Labute approximate surface area is 364 Å². The smallest absolute Gasteiger partial charge is 0.164 e. The van der Waals surface area contributed by atoms with Gasteiger partial charge in [-0.15, -0.1) is 0 Å². The van der Waals surface area contributed by atoms with Crippen LogP contribution in [0.1, 0.15) is 0 Å². The fraction of sp³-hybridized carbons (Fsp3) is 0. The average molecular weight is 821 g/mol. The van der Waals surface area contributed by atoms with Crippen LogP contribution in [-0.2, 0) is 0 Å². The third-order valence-electron chi connectivity index (χ3n) is 12.7. The van der Waals surface area contributed by atoms with E-state index >= 15 is 0 Å². The fourth-order valence-electron chi connectivity index (χ4n) is 9.68. The van der Waals surface area contributed by atoms with E-state index in [0.29, 0.717) is 17.5 Å². The zero-order valence-electron chi connectivity index (χ0n) is 34.0. The summed E-state index contributed by atoms with van der Waals surface area (Å²) in [7, 11) is 0. The van der Waals surface area contributed by atoms with Crippen LogP contribution in [0.3, 0.4) is 0 Å². The highest BCUT2D eigenvalue weighted by Gasteiger charge is 2.20. The van der Waals surface area contributed by atoms with Crippen molar-refractivity contribution in [3.63, 3.8) is 0 Å². The fourth-order valence-corrected chi connectivity index (χ4v) is 9.68. The van der Waals surface area contributed by atoms with Crippen LogP contribution in [0.2, 0.25) is 0 Å². The number of furan rings is 3. The molecule has 5 heterocycles. The van der Waals surface area contributed by atoms with Gasteiger partial charge in [0.05, 0.1) is 11.0 Å². The summed E-state index contributed by atoms with van der Waals surface area (Å²) in [4.78, 5) is 15.4. The maximum Gasteiger partial charge on any atom is 0.164 e. The highest BCUT2D eigenvalue weighted by atomic mass is 16.3. The highest BCUT2D eigenvalue weighted by molar-refractivity contribution is 6.14. The molecule has 7 nitrogen and oxygen atoms in total. The van der Waals surface area contributed by atoms with Crippen molar-refractivity contribution in [2.75, 3.05) is 0 Å². The Hall–Kier alpha value is -8.81. The van der Waals surface area contributed by atoms with Gasteiger partial charge in [-0.1, -0.05) is 115 Å². The molecule has 0 bridgehead atoms. The average Bonchev–Trinajstić information content (AvgIpc) is 4.12. The Morgan fingerprint density at radius 1 is 0.297 bits per heavy atom. The molecule has 0 aliphatic rings. The molecule has 0 spiro atoms. The van der Waals surface area contributed by atoms with Gasteiger partial charge in [0.25, 0.3) is 0 Å². The second-order valence-corrected chi connectivity index (χ2v) is 16.3. The summed E-state index contributed by atoms with van der Waals surface area (Å²) >= 11 is 0. The summed E-state index contributed by atoms with van der Waals surface area (Å²) < 4.78 is 21.4. The maximum absolute atomic E-state index is 6.55. The van der Waals surface area contributed by atoms with Crippen LogP contribution in [0.4, 0.5) is 0 Å².